The number of carbonyl (C=O) groups excluding carboxylic acids is 1. The summed E-state index contributed by atoms with van der Waals surface area (Å²) in [5, 5.41) is 14.0. The number of aryl methyl sites for hydroxylation is 1. The Kier molecular flexibility index (Phi) is 5.98. The summed E-state index contributed by atoms with van der Waals surface area (Å²) in [6.07, 6.45) is 1.67. The molecule has 0 radical (unpaired) electrons. The normalized spacial score (nSPS) is 13.1. The van der Waals surface area contributed by atoms with E-state index >= 15 is 0 Å². The molecular weight excluding hydrogens is 464 g/mol. The lowest BCUT2D eigenvalue weighted by Crippen LogP contribution is -2.26. The van der Waals surface area contributed by atoms with E-state index in [1.54, 1.807) is 23.6 Å². The number of para-hydroxylation sites is 1. The number of aromatic nitrogens is 2. The SMILES string of the molecule is CCn1c(SC(C)C(=O)Nc2sc3c(c2C#N)CCc2ccccc2-3)nc2ccccc2c1=O. The number of benzene rings is 2. The van der Waals surface area contributed by atoms with Crippen molar-refractivity contribution in [2.75, 3.05) is 5.32 Å². The van der Waals surface area contributed by atoms with Crippen LogP contribution in [0.5, 0.6) is 0 Å². The van der Waals surface area contributed by atoms with Crippen molar-refractivity contribution in [1.82, 2.24) is 9.55 Å². The maximum atomic E-state index is 13.1. The van der Waals surface area contributed by atoms with Crippen molar-refractivity contribution in [3.63, 3.8) is 0 Å². The molecule has 0 bridgehead atoms. The van der Waals surface area contributed by atoms with Gasteiger partial charge in [0.1, 0.15) is 11.1 Å². The summed E-state index contributed by atoms with van der Waals surface area (Å²) >= 11 is 2.71. The fraction of sp³-hybridized carbons (Fsp3) is 0.231. The maximum Gasteiger partial charge on any atom is 0.262 e. The van der Waals surface area contributed by atoms with Gasteiger partial charge in [-0.2, -0.15) is 5.26 Å². The summed E-state index contributed by atoms with van der Waals surface area (Å²) < 4.78 is 1.60. The van der Waals surface area contributed by atoms with E-state index in [9.17, 15) is 14.9 Å². The summed E-state index contributed by atoms with van der Waals surface area (Å²) in [7, 11) is 0. The highest BCUT2D eigenvalue weighted by Crippen LogP contribution is 2.45. The van der Waals surface area contributed by atoms with Crippen LogP contribution in [0.25, 0.3) is 21.3 Å². The van der Waals surface area contributed by atoms with Crippen LogP contribution in [0, 0.1) is 11.3 Å². The van der Waals surface area contributed by atoms with Crippen LogP contribution in [-0.4, -0.2) is 20.7 Å². The largest absolute Gasteiger partial charge is 0.316 e. The van der Waals surface area contributed by atoms with Gasteiger partial charge in [0.2, 0.25) is 5.91 Å². The van der Waals surface area contributed by atoms with Crippen molar-refractivity contribution < 1.29 is 4.79 Å². The molecule has 2 aromatic carbocycles. The molecule has 34 heavy (non-hydrogen) atoms. The number of thiophene rings is 1. The van der Waals surface area contributed by atoms with Crippen LogP contribution in [0.1, 0.15) is 30.5 Å². The number of thioether (sulfide) groups is 1. The molecule has 1 N–H and O–H groups in total. The monoisotopic (exact) mass is 486 g/mol. The van der Waals surface area contributed by atoms with Crippen LogP contribution in [0.15, 0.2) is 58.5 Å². The molecule has 2 aromatic heterocycles. The Morgan fingerprint density at radius 3 is 2.79 bits per heavy atom. The first-order chi connectivity index (χ1) is 16.5. The molecule has 1 aliphatic carbocycles. The summed E-state index contributed by atoms with van der Waals surface area (Å²) in [6.45, 7) is 4.14. The predicted octanol–water partition coefficient (Wildman–Crippen LogP) is 5.23. The molecular formula is C26H22N4O2S2. The van der Waals surface area contributed by atoms with Crippen LogP contribution >= 0.6 is 23.1 Å². The van der Waals surface area contributed by atoms with Gasteiger partial charge in [-0.25, -0.2) is 4.98 Å². The number of hydrogen-bond donors (Lipinski definition) is 1. The third-order valence-corrected chi connectivity index (χ3v) is 8.33. The molecule has 0 fully saturated rings. The van der Waals surface area contributed by atoms with E-state index in [4.69, 9.17) is 0 Å². The lowest BCUT2D eigenvalue weighted by Gasteiger charge is -2.15. The van der Waals surface area contributed by atoms with E-state index in [1.807, 2.05) is 31.2 Å². The molecule has 0 saturated carbocycles. The van der Waals surface area contributed by atoms with Crippen molar-refractivity contribution in [3.05, 3.63) is 75.6 Å². The average molecular weight is 487 g/mol. The summed E-state index contributed by atoms with van der Waals surface area (Å²) in [6, 6.07) is 17.8. The van der Waals surface area contributed by atoms with Gasteiger partial charge >= 0.3 is 0 Å². The van der Waals surface area contributed by atoms with Crippen molar-refractivity contribution in [2.45, 2.75) is 43.6 Å². The number of amides is 1. The average Bonchev–Trinajstić information content (AvgIpc) is 3.21. The molecule has 0 saturated heterocycles. The Bertz CT molecular complexity index is 1530. The van der Waals surface area contributed by atoms with Gasteiger partial charge in [-0.1, -0.05) is 48.2 Å². The summed E-state index contributed by atoms with van der Waals surface area (Å²) in [5.74, 6) is -0.224. The van der Waals surface area contributed by atoms with Crippen molar-refractivity contribution in [2.24, 2.45) is 0 Å². The Morgan fingerprint density at radius 2 is 2.00 bits per heavy atom. The molecule has 1 atom stereocenters. The highest BCUT2D eigenvalue weighted by molar-refractivity contribution is 8.00. The summed E-state index contributed by atoms with van der Waals surface area (Å²) in [5.41, 5.74) is 4.47. The number of rotatable bonds is 5. The smallest absolute Gasteiger partial charge is 0.262 e. The third kappa shape index (κ3) is 3.81. The predicted molar refractivity (Wildman–Crippen MR) is 138 cm³/mol. The molecule has 8 heteroatoms. The number of nitrogens with zero attached hydrogens (tertiary/aromatic N) is 3. The Hall–Kier alpha value is -3.41. The first-order valence-corrected chi connectivity index (χ1v) is 12.8. The summed E-state index contributed by atoms with van der Waals surface area (Å²) in [4.78, 5) is 31.7. The lowest BCUT2D eigenvalue weighted by molar-refractivity contribution is -0.115. The van der Waals surface area contributed by atoms with Gasteiger partial charge in [0.25, 0.3) is 5.56 Å². The number of nitriles is 1. The van der Waals surface area contributed by atoms with Gasteiger partial charge in [-0.3, -0.25) is 14.2 Å². The highest BCUT2D eigenvalue weighted by Gasteiger charge is 2.27. The van der Waals surface area contributed by atoms with Gasteiger partial charge < -0.3 is 5.32 Å². The number of anilines is 1. The Morgan fingerprint density at radius 1 is 1.24 bits per heavy atom. The first kappa shape index (κ1) is 22.4. The molecule has 1 aliphatic rings. The Balaban J connectivity index is 1.43. The lowest BCUT2D eigenvalue weighted by atomic mass is 9.90. The standard InChI is InChI=1S/C26H22N4O2S2/c1-3-30-25(32)19-10-6-7-11-21(19)28-26(30)33-15(2)23(31)29-24-20(14-27)18-13-12-16-8-4-5-9-17(16)22(18)34-24/h4-11,15H,3,12-13H2,1-2H3,(H,29,31). The molecule has 1 amide bonds. The quantitative estimate of drug-likeness (QED) is 0.308. The molecule has 0 aliphatic heterocycles. The van der Waals surface area contributed by atoms with Gasteiger partial charge in [-0.15, -0.1) is 11.3 Å². The van der Waals surface area contributed by atoms with E-state index in [0.29, 0.717) is 33.2 Å². The van der Waals surface area contributed by atoms with E-state index in [2.05, 4.69) is 28.5 Å². The molecule has 5 rings (SSSR count). The van der Waals surface area contributed by atoms with E-state index in [1.165, 1.54) is 28.7 Å². The molecule has 6 nitrogen and oxygen atoms in total. The van der Waals surface area contributed by atoms with Crippen LogP contribution < -0.4 is 10.9 Å². The van der Waals surface area contributed by atoms with Crippen LogP contribution in [0.3, 0.4) is 0 Å². The zero-order valence-corrected chi connectivity index (χ0v) is 20.4. The molecule has 1 unspecified atom stereocenters. The first-order valence-electron chi connectivity index (χ1n) is 11.1. The second-order valence-corrected chi connectivity index (χ2v) is 10.4. The fourth-order valence-electron chi connectivity index (χ4n) is 4.29. The van der Waals surface area contributed by atoms with Crippen molar-refractivity contribution >= 4 is 44.9 Å². The third-order valence-electron chi connectivity index (χ3n) is 6.06. The van der Waals surface area contributed by atoms with Crippen LogP contribution in [0.4, 0.5) is 5.00 Å². The topological polar surface area (TPSA) is 87.8 Å². The minimum absolute atomic E-state index is 0.112. The molecule has 2 heterocycles. The van der Waals surface area contributed by atoms with Gasteiger partial charge in [0, 0.05) is 11.4 Å². The fourth-order valence-corrected chi connectivity index (χ4v) is 6.52. The van der Waals surface area contributed by atoms with E-state index in [-0.39, 0.29) is 11.5 Å². The number of hydrogen-bond acceptors (Lipinski definition) is 6. The van der Waals surface area contributed by atoms with E-state index in [0.717, 1.165) is 28.8 Å². The molecule has 0 spiro atoms. The second-order valence-electron chi connectivity index (χ2n) is 8.09. The Labute approximate surface area is 205 Å². The van der Waals surface area contributed by atoms with Crippen molar-refractivity contribution in [3.8, 4) is 16.5 Å². The van der Waals surface area contributed by atoms with E-state index < -0.39 is 5.25 Å². The van der Waals surface area contributed by atoms with Gasteiger partial charge in [-0.05, 0) is 55.5 Å². The second kappa shape index (κ2) is 9.09. The number of carbonyl (C=O) groups is 1. The highest BCUT2D eigenvalue weighted by atomic mass is 32.2. The van der Waals surface area contributed by atoms with Crippen LogP contribution in [0.2, 0.25) is 0 Å². The number of fused-ring (bicyclic) bond motifs is 4. The molecule has 4 aromatic rings. The molecule has 170 valence electrons. The maximum absolute atomic E-state index is 13.1. The minimum atomic E-state index is -0.510. The van der Waals surface area contributed by atoms with Gasteiger partial charge in [0.05, 0.1) is 21.7 Å². The zero-order chi connectivity index (χ0) is 23.8. The zero-order valence-electron chi connectivity index (χ0n) is 18.8. The number of nitrogens with one attached hydrogen (secondary N) is 1. The van der Waals surface area contributed by atoms with Crippen LogP contribution in [-0.2, 0) is 24.2 Å². The van der Waals surface area contributed by atoms with Crippen molar-refractivity contribution in [1.29, 1.82) is 5.26 Å². The minimum Gasteiger partial charge on any atom is -0.316 e. The van der Waals surface area contributed by atoms with Gasteiger partial charge in [0.15, 0.2) is 5.16 Å².